The molecule has 0 aliphatic carbocycles. The highest BCUT2D eigenvalue weighted by atomic mass is 79.9. The summed E-state index contributed by atoms with van der Waals surface area (Å²) in [4.78, 5) is 22.1. The van der Waals surface area contributed by atoms with Gasteiger partial charge in [-0.2, -0.15) is 0 Å². The van der Waals surface area contributed by atoms with Gasteiger partial charge in [0.15, 0.2) is 0 Å². The fourth-order valence-corrected chi connectivity index (χ4v) is 1.74. The van der Waals surface area contributed by atoms with E-state index in [0.717, 1.165) is 4.47 Å². The molecular formula is C11H12BrClN2O3. The summed E-state index contributed by atoms with van der Waals surface area (Å²) in [6.45, 7) is 0.322. The first-order valence-corrected chi connectivity index (χ1v) is 6.27. The van der Waals surface area contributed by atoms with E-state index >= 15 is 0 Å². The number of benzene rings is 1. The number of hydrogen-bond donors (Lipinski definition) is 2. The maximum atomic E-state index is 11.8. The lowest BCUT2D eigenvalue weighted by Crippen LogP contribution is -2.29. The Kier molecular flexibility index (Phi) is 6.11. The van der Waals surface area contributed by atoms with Crippen molar-refractivity contribution in [1.29, 1.82) is 0 Å². The molecule has 0 aliphatic heterocycles. The highest BCUT2D eigenvalue weighted by molar-refractivity contribution is 9.10. The summed E-state index contributed by atoms with van der Waals surface area (Å²) in [6, 6.07) is 5.00. The second-order valence-electron chi connectivity index (χ2n) is 3.40. The number of halogens is 2. The van der Waals surface area contributed by atoms with Gasteiger partial charge in [0, 0.05) is 11.0 Å². The van der Waals surface area contributed by atoms with Crippen molar-refractivity contribution in [3.63, 3.8) is 0 Å². The lowest BCUT2D eigenvalue weighted by Gasteiger charge is -2.07. The van der Waals surface area contributed by atoms with Crippen molar-refractivity contribution in [3.05, 3.63) is 33.3 Å². The fourth-order valence-electron chi connectivity index (χ4n) is 1.18. The standard InChI is InChI=1S/C11H12BrClN2O3/c12-7-1-2-9(13)8(5-7)11(17)15-3-4-18-6-10(14)16/h1-2,5H,3-4,6H2,(H2,14,16)(H,15,17). The molecule has 2 amide bonds. The Labute approximate surface area is 118 Å². The summed E-state index contributed by atoms with van der Waals surface area (Å²) in [7, 11) is 0. The molecule has 18 heavy (non-hydrogen) atoms. The third kappa shape index (κ3) is 5.03. The van der Waals surface area contributed by atoms with E-state index in [1.807, 2.05) is 0 Å². The van der Waals surface area contributed by atoms with Gasteiger partial charge in [-0.25, -0.2) is 0 Å². The second kappa shape index (κ2) is 7.35. The topological polar surface area (TPSA) is 81.4 Å². The van der Waals surface area contributed by atoms with Crippen LogP contribution in [0.3, 0.4) is 0 Å². The van der Waals surface area contributed by atoms with Crippen LogP contribution in [-0.4, -0.2) is 31.6 Å². The number of nitrogens with two attached hydrogens (primary N) is 1. The zero-order valence-corrected chi connectivity index (χ0v) is 11.8. The molecule has 0 saturated carbocycles. The van der Waals surface area contributed by atoms with Gasteiger partial charge >= 0.3 is 0 Å². The van der Waals surface area contributed by atoms with Gasteiger partial charge < -0.3 is 15.8 Å². The van der Waals surface area contributed by atoms with E-state index in [9.17, 15) is 9.59 Å². The molecule has 0 fully saturated rings. The molecule has 0 saturated heterocycles. The highest BCUT2D eigenvalue weighted by Gasteiger charge is 2.10. The average Bonchev–Trinajstić information content (AvgIpc) is 2.31. The van der Waals surface area contributed by atoms with E-state index in [4.69, 9.17) is 22.1 Å². The Balaban J connectivity index is 2.41. The van der Waals surface area contributed by atoms with Gasteiger partial charge in [-0.15, -0.1) is 0 Å². The molecule has 1 aromatic rings. The minimum absolute atomic E-state index is 0.159. The highest BCUT2D eigenvalue weighted by Crippen LogP contribution is 2.20. The van der Waals surface area contributed by atoms with Crippen LogP contribution < -0.4 is 11.1 Å². The first-order chi connectivity index (χ1) is 8.50. The molecule has 1 rings (SSSR count). The summed E-state index contributed by atoms with van der Waals surface area (Å²) >= 11 is 9.16. The zero-order valence-electron chi connectivity index (χ0n) is 9.41. The maximum Gasteiger partial charge on any atom is 0.252 e. The van der Waals surface area contributed by atoms with Crippen molar-refractivity contribution in [2.24, 2.45) is 5.73 Å². The van der Waals surface area contributed by atoms with Crippen LogP contribution >= 0.6 is 27.5 Å². The SMILES string of the molecule is NC(=O)COCCNC(=O)c1cc(Br)ccc1Cl. The number of primary amides is 1. The zero-order chi connectivity index (χ0) is 13.5. The van der Waals surface area contributed by atoms with E-state index in [0.29, 0.717) is 10.6 Å². The number of carbonyl (C=O) groups excluding carboxylic acids is 2. The summed E-state index contributed by atoms with van der Waals surface area (Å²) in [5.41, 5.74) is 5.26. The summed E-state index contributed by atoms with van der Waals surface area (Å²) in [5.74, 6) is -0.847. The quantitative estimate of drug-likeness (QED) is 0.770. The average molecular weight is 336 g/mol. The van der Waals surface area contributed by atoms with Gasteiger partial charge in [-0.05, 0) is 18.2 Å². The van der Waals surface area contributed by atoms with Crippen LogP contribution in [-0.2, 0) is 9.53 Å². The normalized spacial score (nSPS) is 10.1. The number of hydrogen-bond acceptors (Lipinski definition) is 3. The molecule has 0 heterocycles. The van der Waals surface area contributed by atoms with Crippen LogP contribution in [0.2, 0.25) is 5.02 Å². The van der Waals surface area contributed by atoms with Crippen LogP contribution in [0.4, 0.5) is 0 Å². The molecule has 0 unspecified atom stereocenters. The molecule has 5 nitrogen and oxygen atoms in total. The van der Waals surface area contributed by atoms with E-state index in [-0.39, 0.29) is 25.7 Å². The Morgan fingerprint density at radius 2 is 2.17 bits per heavy atom. The predicted octanol–water partition coefficient (Wildman–Crippen LogP) is 1.33. The Morgan fingerprint density at radius 1 is 1.44 bits per heavy atom. The molecule has 7 heteroatoms. The van der Waals surface area contributed by atoms with Crippen molar-refractivity contribution < 1.29 is 14.3 Å². The molecule has 0 spiro atoms. The maximum absolute atomic E-state index is 11.8. The fraction of sp³-hybridized carbons (Fsp3) is 0.273. The number of rotatable bonds is 6. The number of ether oxygens (including phenoxy) is 1. The van der Waals surface area contributed by atoms with E-state index in [2.05, 4.69) is 21.2 Å². The van der Waals surface area contributed by atoms with Crippen LogP contribution in [0.15, 0.2) is 22.7 Å². The lowest BCUT2D eigenvalue weighted by molar-refractivity contribution is -0.122. The molecule has 0 aromatic heterocycles. The molecule has 0 radical (unpaired) electrons. The van der Waals surface area contributed by atoms with E-state index in [1.165, 1.54) is 0 Å². The summed E-state index contributed by atoms with van der Waals surface area (Å²) < 4.78 is 5.67. The largest absolute Gasteiger partial charge is 0.370 e. The van der Waals surface area contributed by atoms with Crippen molar-refractivity contribution in [2.45, 2.75) is 0 Å². The molecule has 0 aliphatic rings. The third-order valence-corrected chi connectivity index (χ3v) is 2.77. The van der Waals surface area contributed by atoms with E-state index in [1.54, 1.807) is 18.2 Å². The molecule has 1 aromatic carbocycles. The lowest BCUT2D eigenvalue weighted by atomic mass is 10.2. The smallest absolute Gasteiger partial charge is 0.252 e. The van der Waals surface area contributed by atoms with Gasteiger partial charge in [-0.3, -0.25) is 9.59 Å². The Morgan fingerprint density at radius 3 is 2.83 bits per heavy atom. The molecule has 0 bridgehead atoms. The van der Waals surface area contributed by atoms with Crippen molar-refractivity contribution in [3.8, 4) is 0 Å². The molecule has 98 valence electrons. The number of carbonyl (C=O) groups is 2. The van der Waals surface area contributed by atoms with Gasteiger partial charge in [0.2, 0.25) is 5.91 Å². The molecular weight excluding hydrogens is 323 g/mol. The van der Waals surface area contributed by atoms with Crippen LogP contribution in [0.25, 0.3) is 0 Å². The van der Waals surface area contributed by atoms with Crippen molar-refractivity contribution in [1.82, 2.24) is 5.32 Å². The first-order valence-electron chi connectivity index (χ1n) is 5.10. The number of nitrogens with one attached hydrogen (secondary N) is 1. The van der Waals surface area contributed by atoms with Gasteiger partial charge in [0.25, 0.3) is 5.91 Å². The van der Waals surface area contributed by atoms with Gasteiger partial charge in [0.1, 0.15) is 6.61 Å². The van der Waals surface area contributed by atoms with Gasteiger partial charge in [-0.1, -0.05) is 27.5 Å². The van der Waals surface area contributed by atoms with Gasteiger partial charge in [0.05, 0.1) is 17.2 Å². The van der Waals surface area contributed by atoms with Crippen molar-refractivity contribution >= 4 is 39.3 Å². The first kappa shape index (κ1) is 14.9. The van der Waals surface area contributed by atoms with Crippen LogP contribution in [0, 0.1) is 0 Å². The Bertz CT molecular complexity index is 454. The van der Waals surface area contributed by atoms with E-state index < -0.39 is 5.91 Å². The minimum atomic E-state index is -0.545. The summed E-state index contributed by atoms with van der Waals surface area (Å²) in [6.07, 6.45) is 0. The van der Waals surface area contributed by atoms with Crippen LogP contribution in [0.1, 0.15) is 10.4 Å². The minimum Gasteiger partial charge on any atom is -0.370 e. The van der Waals surface area contributed by atoms with Crippen LogP contribution in [0.5, 0.6) is 0 Å². The molecule has 3 N–H and O–H groups in total. The third-order valence-electron chi connectivity index (χ3n) is 1.95. The summed E-state index contributed by atoms with van der Waals surface area (Å²) in [5, 5.41) is 2.99. The Hall–Kier alpha value is -1.11. The monoisotopic (exact) mass is 334 g/mol. The van der Waals surface area contributed by atoms with Crippen molar-refractivity contribution in [2.75, 3.05) is 19.8 Å². The molecule has 0 atom stereocenters. The predicted molar refractivity (Wildman–Crippen MR) is 71.5 cm³/mol. The second-order valence-corrected chi connectivity index (χ2v) is 4.72. The number of amides is 2.